The number of carbonyl (C=O) groups is 1. The maximum Gasteiger partial charge on any atom is 0.289 e. The summed E-state index contributed by atoms with van der Waals surface area (Å²) in [4.78, 5) is 14.4. The van der Waals surface area contributed by atoms with Gasteiger partial charge in [0.15, 0.2) is 5.76 Å². The van der Waals surface area contributed by atoms with Crippen LogP contribution in [0.25, 0.3) is 0 Å². The molecule has 0 radical (unpaired) electrons. The molecule has 0 N–H and O–H groups in total. The van der Waals surface area contributed by atoms with Crippen LogP contribution in [0.3, 0.4) is 0 Å². The second-order valence-electron chi connectivity index (χ2n) is 6.98. The predicted octanol–water partition coefficient (Wildman–Crippen LogP) is 2.71. The molecular formula is C17H26N2O4S. The van der Waals surface area contributed by atoms with Crippen LogP contribution in [-0.4, -0.2) is 49.7 Å². The van der Waals surface area contributed by atoms with Gasteiger partial charge in [-0.05, 0) is 43.7 Å². The van der Waals surface area contributed by atoms with Crippen LogP contribution in [-0.2, 0) is 10.0 Å². The summed E-state index contributed by atoms with van der Waals surface area (Å²) in [5.74, 6) is 0.320. The maximum atomic E-state index is 12.7. The van der Waals surface area contributed by atoms with Crippen molar-refractivity contribution < 1.29 is 17.6 Å². The van der Waals surface area contributed by atoms with E-state index in [0.29, 0.717) is 19.0 Å². The highest BCUT2D eigenvalue weighted by atomic mass is 32.2. The Balaban J connectivity index is 1.76. The topological polar surface area (TPSA) is 70.8 Å². The SMILES string of the molecule is CC1CCCCC1N(C)C(=O)c1ccc(S(=O)(=O)N2CCCC2)o1. The second kappa shape index (κ2) is 6.88. The van der Waals surface area contributed by atoms with Gasteiger partial charge in [0, 0.05) is 26.2 Å². The number of rotatable bonds is 4. The molecule has 24 heavy (non-hydrogen) atoms. The van der Waals surface area contributed by atoms with Crippen LogP contribution in [0.1, 0.15) is 56.0 Å². The Kier molecular flexibility index (Phi) is 5.01. The fourth-order valence-corrected chi connectivity index (χ4v) is 5.25. The summed E-state index contributed by atoms with van der Waals surface area (Å²) in [5.41, 5.74) is 0. The van der Waals surface area contributed by atoms with E-state index in [-0.39, 0.29) is 22.8 Å². The Hall–Kier alpha value is -1.34. The van der Waals surface area contributed by atoms with Gasteiger partial charge >= 0.3 is 0 Å². The first kappa shape index (κ1) is 17.5. The first-order valence-electron chi connectivity index (χ1n) is 8.78. The average molecular weight is 354 g/mol. The van der Waals surface area contributed by atoms with Crippen molar-refractivity contribution in [2.45, 2.75) is 56.6 Å². The van der Waals surface area contributed by atoms with E-state index in [1.807, 2.05) is 0 Å². The fraction of sp³-hybridized carbons (Fsp3) is 0.706. The van der Waals surface area contributed by atoms with Crippen LogP contribution in [0.15, 0.2) is 21.6 Å². The Bertz CT molecular complexity index is 691. The standard InChI is InChI=1S/C17H26N2O4S/c1-13-7-3-4-8-14(13)18(2)17(20)15-9-10-16(23-15)24(21,22)19-11-5-6-12-19/h9-10,13-14H,3-8,11-12H2,1-2H3. The van der Waals surface area contributed by atoms with Gasteiger partial charge < -0.3 is 9.32 Å². The third-order valence-corrected chi connectivity index (χ3v) is 7.11. The van der Waals surface area contributed by atoms with Crippen molar-refractivity contribution in [1.82, 2.24) is 9.21 Å². The number of hydrogen-bond acceptors (Lipinski definition) is 4. The lowest BCUT2D eigenvalue weighted by molar-refractivity contribution is 0.0592. The van der Waals surface area contributed by atoms with E-state index in [9.17, 15) is 13.2 Å². The average Bonchev–Trinajstić information content (AvgIpc) is 3.26. The smallest absolute Gasteiger partial charge is 0.289 e. The van der Waals surface area contributed by atoms with Crippen LogP contribution < -0.4 is 0 Å². The first-order chi connectivity index (χ1) is 11.4. The van der Waals surface area contributed by atoms with Crippen molar-refractivity contribution in [2.75, 3.05) is 20.1 Å². The first-order valence-corrected chi connectivity index (χ1v) is 10.2. The summed E-state index contributed by atoms with van der Waals surface area (Å²) in [6, 6.07) is 3.07. The van der Waals surface area contributed by atoms with E-state index in [2.05, 4.69) is 6.92 Å². The van der Waals surface area contributed by atoms with Crippen LogP contribution >= 0.6 is 0 Å². The van der Waals surface area contributed by atoms with Crippen molar-refractivity contribution >= 4 is 15.9 Å². The van der Waals surface area contributed by atoms with Gasteiger partial charge in [0.2, 0.25) is 5.09 Å². The molecule has 2 heterocycles. The molecule has 2 fully saturated rings. The number of amides is 1. The normalized spacial score (nSPS) is 25.8. The van der Waals surface area contributed by atoms with Crippen molar-refractivity contribution in [3.05, 3.63) is 17.9 Å². The van der Waals surface area contributed by atoms with E-state index in [1.165, 1.54) is 22.9 Å². The number of hydrogen-bond donors (Lipinski definition) is 0. The third-order valence-electron chi connectivity index (χ3n) is 5.34. The molecule has 2 aliphatic rings. The molecule has 0 bridgehead atoms. The van der Waals surface area contributed by atoms with Crippen LogP contribution in [0.5, 0.6) is 0 Å². The minimum Gasteiger partial charge on any atom is -0.438 e. The van der Waals surface area contributed by atoms with Gasteiger partial charge in [-0.25, -0.2) is 8.42 Å². The number of carbonyl (C=O) groups excluding carboxylic acids is 1. The Morgan fingerprint density at radius 1 is 1.17 bits per heavy atom. The number of nitrogens with zero attached hydrogens (tertiary/aromatic N) is 2. The van der Waals surface area contributed by atoms with E-state index in [0.717, 1.165) is 32.1 Å². The minimum absolute atomic E-state index is 0.105. The molecule has 2 atom stereocenters. The summed E-state index contributed by atoms with van der Waals surface area (Å²) in [5, 5.41) is -0.127. The number of sulfonamides is 1. The van der Waals surface area contributed by atoms with Crippen LogP contribution in [0, 0.1) is 5.92 Å². The van der Waals surface area contributed by atoms with Crippen LogP contribution in [0.4, 0.5) is 0 Å². The zero-order valence-electron chi connectivity index (χ0n) is 14.4. The highest BCUT2D eigenvalue weighted by Crippen LogP contribution is 2.29. The van der Waals surface area contributed by atoms with E-state index >= 15 is 0 Å². The molecule has 1 aromatic rings. The molecule has 134 valence electrons. The fourth-order valence-electron chi connectivity index (χ4n) is 3.83. The van der Waals surface area contributed by atoms with Gasteiger partial charge in [0.05, 0.1) is 0 Å². The highest BCUT2D eigenvalue weighted by molar-refractivity contribution is 7.89. The van der Waals surface area contributed by atoms with Gasteiger partial charge in [0.25, 0.3) is 15.9 Å². The van der Waals surface area contributed by atoms with E-state index in [4.69, 9.17) is 4.42 Å². The highest BCUT2D eigenvalue weighted by Gasteiger charge is 2.33. The Labute approximate surface area is 143 Å². The molecule has 2 unspecified atom stereocenters. The molecule has 7 heteroatoms. The van der Waals surface area contributed by atoms with Gasteiger partial charge in [-0.15, -0.1) is 0 Å². The molecule has 1 aliphatic carbocycles. The lowest BCUT2D eigenvalue weighted by atomic mass is 9.85. The second-order valence-corrected chi connectivity index (χ2v) is 8.84. The van der Waals surface area contributed by atoms with Crippen molar-refractivity contribution in [3.63, 3.8) is 0 Å². The lowest BCUT2D eigenvalue weighted by Crippen LogP contribution is -2.42. The van der Waals surface area contributed by atoms with Gasteiger partial charge in [-0.2, -0.15) is 4.31 Å². The summed E-state index contributed by atoms with van der Waals surface area (Å²) in [6.45, 7) is 3.20. The molecule has 6 nitrogen and oxygen atoms in total. The molecule has 1 aromatic heterocycles. The molecule has 1 saturated heterocycles. The van der Waals surface area contributed by atoms with E-state index < -0.39 is 10.0 Å². The summed E-state index contributed by atoms with van der Waals surface area (Å²) < 4.78 is 31.9. The largest absolute Gasteiger partial charge is 0.438 e. The minimum atomic E-state index is -3.62. The van der Waals surface area contributed by atoms with Gasteiger partial charge in [-0.1, -0.05) is 19.8 Å². The molecule has 0 aromatic carbocycles. The zero-order chi connectivity index (χ0) is 17.3. The molecule has 1 aliphatic heterocycles. The van der Waals surface area contributed by atoms with Crippen molar-refractivity contribution in [3.8, 4) is 0 Å². The Morgan fingerprint density at radius 3 is 2.50 bits per heavy atom. The summed E-state index contributed by atoms with van der Waals surface area (Å²) >= 11 is 0. The molecular weight excluding hydrogens is 328 g/mol. The third kappa shape index (κ3) is 3.24. The van der Waals surface area contributed by atoms with Gasteiger partial charge in [-0.3, -0.25) is 4.79 Å². The molecule has 0 spiro atoms. The maximum absolute atomic E-state index is 12.7. The summed E-state index contributed by atoms with van der Waals surface area (Å²) in [7, 11) is -1.83. The van der Waals surface area contributed by atoms with Crippen molar-refractivity contribution in [2.24, 2.45) is 5.92 Å². The van der Waals surface area contributed by atoms with E-state index in [1.54, 1.807) is 11.9 Å². The molecule has 1 amide bonds. The summed E-state index contributed by atoms with van der Waals surface area (Å²) in [6.07, 6.45) is 6.18. The quantitative estimate of drug-likeness (QED) is 0.833. The zero-order valence-corrected chi connectivity index (χ0v) is 15.2. The van der Waals surface area contributed by atoms with Crippen LogP contribution in [0.2, 0.25) is 0 Å². The predicted molar refractivity (Wildman–Crippen MR) is 90.2 cm³/mol. The monoisotopic (exact) mass is 354 g/mol. The Morgan fingerprint density at radius 2 is 1.83 bits per heavy atom. The van der Waals surface area contributed by atoms with Crippen molar-refractivity contribution in [1.29, 1.82) is 0 Å². The van der Waals surface area contributed by atoms with Gasteiger partial charge in [0.1, 0.15) is 0 Å². The molecule has 1 saturated carbocycles. The lowest BCUT2D eigenvalue weighted by Gasteiger charge is -2.35. The molecule has 3 rings (SSSR count). The number of furan rings is 1.